The van der Waals surface area contributed by atoms with Crippen LogP contribution >= 0.6 is 11.6 Å². The maximum Gasteiger partial charge on any atom is 0.196 e. The maximum absolute atomic E-state index is 13.8. The molecule has 1 heterocycles. The maximum atomic E-state index is 13.8. The van der Waals surface area contributed by atoms with Gasteiger partial charge in [-0.3, -0.25) is 0 Å². The number of rotatable bonds is 5. The summed E-state index contributed by atoms with van der Waals surface area (Å²) >= 11 is 6.11. The minimum absolute atomic E-state index is 0.223. The van der Waals surface area contributed by atoms with E-state index in [-0.39, 0.29) is 11.5 Å². The van der Waals surface area contributed by atoms with Gasteiger partial charge in [-0.25, -0.2) is 23.1 Å². The molecule has 2 aromatic carbocycles. The van der Waals surface area contributed by atoms with Crippen molar-refractivity contribution in [2.75, 3.05) is 10.6 Å². The van der Waals surface area contributed by atoms with Gasteiger partial charge in [0.15, 0.2) is 17.5 Å². The summed E-state index contributed by atoms with van der Waals surface area (Å²) in [7, 11) is 0. The zero-order valence-electron chi connectivity index (χ0n) is 13.7. The van der Waals surface area contributed by atoms with Gasteiger partial charge in [0.05, 0.1) is 5.69 Å². The lowest BCUT2D eigenvalue weighted by atomic mass is 10.2. The SMILES string of the molecule is Cc1nc(NCc2ccccc2Cl)cc(Nc2ccc(F)c(F)c2F)n1. The number of halogens is 4. The third kappa shape index (κ3) is 4.05. The summed E-state index contributed by atoms with van der Waals surface area (Å²) < 4.78 is 40.2. The van der Waals surface area contributed by atoms with Gasteiger partial charge in [-0.05, 0) is 30.7 Å². The third-order valence-corrected chi connectivity index (χ3v) is 3.92. The highest BCUT2D eigenvalue weighted by molar-refractivity contribution is 6.31. The lowest BCUT2D eigenvalue weighted by molar-refractivity contribution is 0.449. The summed E-state index contributed by atoms with van der Waals surface area (Å²) in [4.78, 5) is 8.36. The monoisotopic (exact) mass is 378 g/mol. The van der Waals surface area contributed by atoms with Crippen molar-refractivity contribution >= 4 is 28.9 Å². The minimum Gasteiger partial charge on any atom is -0.366 e. The normalized spacial score (nSPS) is 10.7. The molecule has 0 aliphatic heterocycles. The molecule has 1 aromatic heterocycles. The predicted molar refractivity (Wildman–Crippen MR) is 95.1 cm³/mol. The van der Waals surface area contributed by atoms with Crippen molar-refractivity contribution in [3.63, 3.8) is 0 Å². The number of nitrogens with zero attached hydrogens (tertiary/aromatic N) is 2. The quantitative estimate of drug-likeness (QED) is 0.598. The average Bonchev–Trinajstić information content (AvgIpc) is 2.61. The standard InChI is InChI=1S/C18H14ClF3N4/c1-10-24-15(23-9-11-4-2-3-5-12(11)19)8-16(25-10)26-14-7-6-13(20)17(21)18(14)22/h2-8H,9H2,1H3,(H2,23,24,25,26). The molecular formula is C18H14ClF3N4. The van der Waals surface area contributed by atoms with Crippen molar-refractivity contribution in [2.45, 2.75) is 13.5 Å². The fourth-order valence-electron chi connectivity index (χ4n) is 2.31. The van der Waals surface area contributed by atoms with Crippen molar-refractivity contribution in [1.82, 2.24) is 9.97 Å². The van der Waals surface area contributed by atoms with E-state index >= 15 is 0 Å². The van der Waals surface area contributed by atoms with Crippen molar-refractivity contribution in [1.29, 1.82) is 0 Å². The molecule has 0 aliphatic rings. The number of hydrogen-bond acceptors (Lipinski definition) is 4. The summed E-state index contributed by atoms with van der Waals surface area (Å²) in [5.74, 6) is -2.98. The van der Waals surface area contributed by atoms with Crippen LogP contribution in [0.15, 0.2) is 42.5 Å². The Hall–Kier alpha value is -2.80. The Balaban J connectivity index is 1.80. The first-order valence-electron chi connectivity index (χ1n) is 7.67. The van der Waals surface area contributed by atoms with Crippen LogP contribution in [0.1, 0.15) is 11.4 Å². The van der Waals surface area contributed by atoms with Crippen LogP contribution in [0.4, 0.5) is 30.5 Å². The van der Waals surface area contributed by atoms with Crippen molar-refractivity contribution in [3.05, 3.63) is 76.3 Å². The highest BCUT2D eigenvalue weighted by Gasteiger charge is 2.14. The van der Waals surface area contributed by atoms with Gasteiger partial charge in [0.2, 0.25) is 0 Å². The van der Waals surface area contributed by atoms with E-state index in [2.05, 4.69) is 20.6 Å². The first-order valence-corrected chi connectivity index (χ1v) is 8.05. The van der Waals surface area contributed by atoms with Gasteiger partial charge in [-0.2, -0.15) is 0 Å². The van der Waals surface area contributed by atoms with Crippen LogP contribution in [0, 0.1) is 24.4 Å². The lowest BCUT2D eigenvalue weighted by Crippen LogP contribution is -2.06. The van der Waals surface area contributed by atoms with Gasteiger partial charge >= 0.3 is 0 Å². The Morgan fingerprint density at radius 3 is 2.46 bits per heavy atom. The van der Waals surface area contributed by atoms with E-state index < -0.39 is 17.5 Å². The number of aryl methyl sites for hydroxylation is 1. The molecule has 3 rings (SSSR count). The molecule has 0 saturated carbocycles. The largest absolute Gasteiger partial charge is 0.366 e. The molecule has 0 radical (unpaired) electrons. The summed E-state index contributed by atoms with van der Waals surface area (Å²) in [6, 6.07) is 10.8. The Morgan fingerprint density at radius 1 is 0.962 bits per heavy atom. The van der Waals surface area contributed by atoms with Crippen molar-refractivity contribution < 1.29 is 13.2 Å². The van der Waals surface area contributed by atoms with Gasteiger partial charge in [-0.15, -0.1) is 0 Å². The number of hydrogen-bond donors (Lipinski definition) is 2. The highest BCUT2D eigenvalue weighted by atomic mass is 35.5. The summed E-state index contributed by atoms with van der Waals surface area (Å²) in [5, 5.41) is 6.35. The zero-order chi connectivity index (χ0) is 18.7. The first-order chi connectivity index (χ1) is 12.4. The second-order valence-electron chi connectivity index (χ2n) is 5.48. The minimum atomic E-state index is -1.54. The molecule has 0 aliphatic carbocycles. The van der Waals surface area contributed by atoms with Gasteiger partial charge in [-0.1, -0.05) is 29.8 Å². The average molecular weight is 379 g/mol. The molecule has 8 heteroatoms. The molecule has 0 atom stereocenters. The van der Waals surface area contributed by atoms with E-state index in [0.29, 0.717) is 23.2 Å². The van der Waals surface area contributed by atoms with E-state index in [1.807, 2.05) is 18.2 Å². The fourth-order valence-corrected chi connectivity index (χ4v) is 2.51. The zero-order valence-corrected chi connectivity index (χ0v) is 14.4. The molecule has 134 valence electrons. The van der Waals surface area contributed by atoms with Crippen molar-refractivity contribution in [2.24, 2.45) is 0 Å². The second-order valence-corrected chi connectivity index (χ2v) is 5.89. The first kappa shape index (κ1) is 18.0. The molecule has 0 spiro atoms. The Morgan fingerprint density at radius 2 is 1.69 bits per heavy atom. The Kier molecular flexibility index (Phi) is 5.27. The predicted octanol–water partition coefficient (Wildman–Crippen LogP) is 5.21. The van der Waals surface area contributed by atoms with E-state index in [1.54, 1.807) is 13.0 Å². The topological polar surface area (TPSA) is 49.8 Å². The van der Waals surface area contributed by atoms with Crippen LogP contribution in [-0.4, -0.2) is 9.97 Å². The molecule has 0 bridgehead atoms. The highest BCUT2D eigenvalue weighted by Crippen LogP contribution is 2.24. The number of aromatic nitrogens is 2. The summed E-state index contributed by atoms with van der Waals surface area (Å²) in [6.07, 6.45) is 0. The number of nitrogens with one attached hydrogen (secondary N) is 2. The molecule has 0 saturated heterocycles. The lowest BCUT2D eigenvalue weighted by Gasteiger charge is -2.11. The van der Waals surface area contributed by atoms with Crippen LogP contribution in [-0.2, 0) is 6.54 Å². The van der Waals surface area contributed by atoms with E-state index in [4.69, 9.17) is 11.6 Å². The molecule has 4 nitrogen and oxygen atoms in total. The van der Waals surface area contributed by atoms with E-state index in [9.17, 15) is 13.2 Å². The molecule has 2 N–H and O–H groups in total. The smallest absolute Gasteiger partial charge is 0.196 e. The molecule has 0 amide bonds. The number of anilines is 3. The third-order valence-electron chi connectivity index (χ3n) is 3.55. The second kappa shape index (κ2) is 7.61. The van der Waals surface area contributed by atoms with Crippen LogP contribution in [0.3, 0.4) is 0 Å². The summed E-state index contributed by atoms with van der Waals surface area (Å²) in [5.41, 5.74) is 0.658. The van der Waals surface area contributed by atoms with Gasteiger partial charge in [0, 0.05) is 17.6 Å². The molecule has 3 aromatic rings. The van der Waals surface area contributed by atoms with Gasteiger partial charge < -0.3 is 10.6 Å². The molecule has 0 fully saturated rings. The van der Waals surface area contributed by atoms with E-state index in [1.165, 1.54) is 6.07 Å². The molecule has 26 heavy (non-hydrogen) atoms. The number of benzene rings is 2. The summed E-state index contributed by atoms with van der Waals surface area (Å²) in [6.45, 7) is 2.09. The van der Waals surface area contributed by atoms with Crippen LogP contribution in [0.25, 0.3) is 0 Å². The van der Waals surface area contributed by atoms with Gasteiger partial charge in [0.25, 0.3) is 0 Å². The van der Waals surface area contributed by atoms with Gasteiger partial charge in [0.1, 0.15) is 17.5 Å². The van der Waals surface area contributed by atoms with E-state index in [0.717, 1.165) is 17.7 Å². The Bertz CT molecular complexity index is 950. The molecular weight excluding hydrogens is 365 g/mol. The van der Waals surface area contributed by atoms with Crippen molar-refractivity contribution in [3.8, 4) is 0 Å². The van der Waals surface area contributed by atoms with Crippen LogP contribution in [0.2, 0.25) is 5.02 Å². The van der Waals surface area contributed by atoms with Crippen LogP contribution in [0.5, 0.6) is 0 Å². The Labute approximate surface area is 153 Å². The van der Waals surface area contributed by atoms with Crippen LogP contribution < -0.4 is 10.6 Å². The fraction of sp³-hybridized carbons (Fsp3) is 0.111. The molecule has 0 unspecified atom stereocenters.